The second kappa shape index (κ2) is 7.62. The number of hydrogen-bond donors (Lipinski definition) is 1. The Kier molecular flexibility index (Phi) is 6.15. The molecule has 2 aromatic heterocycles. The largest absolute Gasteiger partial charge is 0.362 e. The number of halogens is 2. The van der Waals surface area contributed by atoms with Crippen molar-refractivity contribution in [3.05, 3.63) is 60.6 Å². The van der Waals surface area contributed by atoms with Gasteiger partial charge in [-0.25, -0.2) is 0 Å². The first-order chi connectivity index (χ1) is 8.93. The first-order valence-corrected chi connectivity index (χ1v) is 5.78. The molecule has 0 bridgehead atoms. The molecular formula is C14H14Cl2N4. The molecule has 0 fully saturated rings. The Balaban J connectivity index is 0.000001000. The Labute approximate surface area is 129 Å². The minimum Gasteiger partial charge on any atom is -0.362 e. The van der Waals surface area contributed by atoms with Crippen LogP contribution in [0.25, 0.3) is 10.8 Å². The van der Waals surface area contributed by atoms with Crippen molar-refractivity contribution in [1.29, 1.82) is 0 Å². The van der Waals surface area contributed by atoms with Crippen molar-refractivity contribution in [1.82, 2.24) is 15.2 Å². The van der Waals surface area contributed by atoms with Gasteiger partial charge in [0.1, 0.15) is 0 Å². The summed E-state index contributed by atoms with van der Waals surface area (Å²) in [5, 5.41) is 13.5. The van der Waals surface area contributed by atoms with E-state index in [1.165, 1.54) is 0 Å². The van der Waals surface area contributed by atoms with E-state index in [-0.39, 0.29) is 24.8 Å². The van der Waals surface area contributed by atoms with Gasteiger partial charge in [0.25, 0.3) is 0 Å². The smallest absolute Gasteiger partial charge is 0.156 e. The Hall–Kier alpha value is -1.91. The summed E-state index contributed by atoms with van der Waals surface area (Å²) >= 11 is 0. The number of hydrogen-bond acceptors (Lipinski definition) is 4. The Bertz CT molecular complexity index is 656. The van der Waals surface area contributed by atoms with Gasteiger partial charge in [-0.2, -0.15) is 5.10 Å². The summed E-state index contributed by atoms with van der Waals surface area (Å²) in [6.07, 6.45) is 3.55. The van der Waals surface area contributed by atoms with Crippen LogP contribution in [0, 0.1) is 0 Å². The molecule has 104 valence electrons. The standard InChI is InChI=1S/C14H12N4.2ClH/c1-2-7-13-11(5-1)9-17-18-14(13)16-10-12-6-3-4-8-15-12;;/h1-9H,10H2,(H,16,18);2*1H. The number of nitrogens with one attached hydrogen (secondary N) is 1. The van der Waals surface area contributed by atoms with Gasteiger partial charge in [-0.15, -0.1) is 29.9 Å². The van der Waals surface area contributed by atoms with Crippen LogP contribution in [0.4, 0.5) is 5.82 Å². The molecule has 2 heterocycles. The third kappa shape index (κ3) is 3.56. The maximum Gasteiger partial charge on any atom is 0.156 e. The summed E-state index contributed by atoms with van der Waals surface area (Å²) in [6.45, 7) is 0.642. The zero-order valence-electron chi connectivity index (χ0n) is 10.6. The first kappa shape index (κ1) is 16.1. The number of nitrogens with zero attached hydrogens (tertiary/aromatic N) is 3. The highest BCUT2D eigenvalue weighted by Crippen LogP contribution is 2.19. The molecule has 0 radical (unpaired) electrons. The summed E-state index contributed by atoms with van der Waals surface area (Å²) in [6, 6.07) is 13.9. The number of benzene rings is 1. The van der Waals surface area contributed by atoms with Crippen LogP contribution in [0.5, 0.6) is 0 Å². The van der Waals surface area contributed by atoms with E-state index in [4.69, 9.17) is 0 Å². The lowest BCUT2D eigenvalue weighted by Gasteiger charge is -2.07. The lowest BCUT2D eigenvalue weighted by atomic mass is 10.2. The molecule has 0 saturated heterocycles. The lowest BCUT2D eigenvalue weighted by Crippen LogP contribution is -2.04. The van der Waals surface area contributed by atoms with E-state index in [2.05, 4.69) is 20.5 Å². The molecule has 0 saturated carbocycles. The highest BCUT2D eigenvalue weighted by Gasteiger charge is 2.02. The molecule has 0 unspecified atom stereocenters. The quantitative estimate of drug-likeness (QED) is 0.805. The minimum absolute atomic E-state index is 0. The topological polar surface area (TPSA) is 50.7 Å². The number of aromatic nitrogens is 3. The van der Waals surface area contributed by atoms with Crippen molar-refractivity contribution >= 4 is 41.4 Å². The number of anilines is 1. The van der Waals surface area contributed by atoms with Gasteiger partial charge in [0.2, 0.25) is 0 Å². The highest BCUT2D eigenvalue weighted by molar-refractivity contribution is 5.90. The fourth-order valence-electron chi connectivity index (χ4n) is 1.84. The molecular weight excluding hydrogens is 295 g/mol. The molecule has 3 aromatic rings. The fourth-order valence-corrected chi connectivity index (χ4v) is 1.84. The summed E-state index contributed by atoms with van der Waals surface area (Å²) in [7, 11) is 0. The summed E-state index contributed by atoms with van der Waals surface area (Å²) < 4.78 is 0. The number of pyridine rings is 1. The van der Waals surface area contributed by atoms with Crippen LogP contribution in [-0.4, -0.2) is 15.2 Å². The molecule has 0 aliphatic heterocycles. The third-order valence-electron chi connectivity index (χ3n) is 2.73. The van der Waals surface area contributed by atoms with Crippen molar-refractivity contribution < 1.29 is 0 Å². The van der Waals surface area contributed by atoms with E-state index < -0.39 is 0 Å². The van der Waals surface area contributed by atoms with Crippen LogP contribution in [-0.2, 0) is 6.54 Å². The van der Waals surface area contributed by atoms with Gasteiger partial charge in [-0.3, -0.25) is 4.98 Å². The van der Waals surface area contributed by atoms with Gasteiger partial charge >= 0.3 is 0 Å². The molecule has 0 atom stereocenters. The van der Waals surface area contributed by atoms with Crippen molar-refractivity contribution in [2.75, 3.05) is 5.32 Å². The molecule has 4 nitrogen and oxygen atoms in total. The molecule has 1 N–H and O–H groups in total. The molecule has 0 spiro atoms. The number of rotatable bonds is 3. The molecule has 6 heteroatoms. The Morgan fingerprint density at radius 1 is 0.950 bits per heavy atom. The van der Waals surface area contributed by atoms with Gasteiger partial charge in [-0.05, 0) is 12.1 Å². The second-order valence-electron chi connectivity index (χ2n) is 3.96. The van der Waals surface area contributed by atoms with Gasteiger partial charge in [-0.1, -0.05) is 30.3 Å². The van der Waals surface area contributed by atoms with E-state index in [1.54, 1.807) is 12.4 Å². The van der Waals surface area contributed by atoms with Crippen molar-refractivity contribution in [3.63, 3.8) is 0 Å². The van der Waals surface area contributed by atoms with Crippen LogP contribution in [0.2, 0.25) is 0 Å². The van der Waals surface area contributed by atoms with Crippen LogP contribution in [0.3, 0.4) is 0 Å². The van der Waals surface area contributed by atoms with Crippen LogP contribution in [0.15, 0.2) is 54.9 Å². The number of fused-ring (bicyclic) bond motifs is 1. The SMILES string of the molecule is Cl.Cl.c1ccc(CNc2nncc3ccccc23)nc1. The molecule has 0 amide bonds. The predicted molar refractivity (Wildman–Crippen MR) is 85.6 cm³/mol. The maximum absolute atomic E-state index is 4.26. The van der Waals surface area contributed by atoms with Crippen molar-refractivity contribution in [2.45, 2.75) is 6.54 Å². The monoisotopic (exact) mass is 308 g/mol. The van der Waals surface area contributed by atoms with E-state index >= 15 is 0 Å². The average Bonchev–Trinajstić information content (AvgIpc) is 2.46. The third-order valence-corrected chi connectivity index (χ3v) is 2.73. The average molecular weight is 309 g/mol. The minimum atomic E-state index is 0. The molecule has 0 aliphatic rings. The molecule has 3 rings (SSSR count). The first-order valence-electron chi connectivity index (χ1n) is 5.78. The van der Waals surface area contributed by atoms with E-state index in [0.717, 1.165) is 22.3 Å². The Morgan fingerprint density at radius 2 is 1.75 bits per heavy atom. The summed E-state index contributed by atoms with van der Waals surface area (Å²) in [5.74, 6) is 0.791. The molecule has 1 aromatic carbocycles. The van der Waals surface area contributed by atoms with E-state index in [0.29, 0.717) is 6.54 Å². The normalized spacial score (nSPS) is 9.40. The highest BCUT2D eigenvalue weighted by atomic mass is 35.5. The van der Waals surface area contributed by atoms with Gasteiger partial charge in [0, 0.05) is 17.0 Å². The summed E-state index contributed by atoms with van der Waals surface area (Å²) in [4.78, 5) is 4.26. The van der Waals surface area contributed by atoms with Crippen LogP contribution in [0.1, 0.15) is 5.69 Å². The Morgan fingerprint density at radius 3 is 2.55 bits per heavy atom. The zero-order chi connectivity index (χ0) is 12.2. The van der Waals surface area contributed by atoms with Crippen LogP contribution >= 0.6 is 24.8 Å². The fraction of sp³-hybridized carbons (Fsp3) is 0.0714. The zero-order valence-corrected chi connectivity index (χ0v) is 12.2. The summed E-state index contributed by atoms with van der Waals surface area (Å²) in [5.41, 5.74) is 0.979. The molecule has 0 aliphatic carbocycles. The van der Waals surface area contributed by atoms with Crippen LogP contribution < -0.4 is 5.32 Å². The predicted octanol–water partition coefficient (Wildman–Crippen LogP) is 3.48. The molecule has 20 heavy (non-hydrogen) atoms. The lowest BCUT2D eigenvalue weighted by molar-refractivity contribution is 0.990. The van der Waals surface area contributed by atoms with E-state index in [1.807, 2.05) is 42.5 Å². The van der Waals surface area contributed by atoms with Gasteiger partial charge < -0.3 is 5.32 Å². The maximum atomic E-state index is 4.26. The van der Waals surface area contributed by atoms with Crippen molar-refractivity contribution in [2.24, 2.45) is 0 Å². The second-order valence-corrected chi connectivity index (χ2v) is 3.96. The van der Waals surface area contributed by atoms with Gasteiger partial charge in [0.15, 0.2) is 5.82 Å². The van der Waals surface area contributed by atoms with E-state index in [9.17, 15) is 0 Å². The van der Waals surface area contributed by atoms with Gasteiger partial charge in [0.05, 0.1) is 18.4 Å². The van der Waals surface area contributed by atoms with Crippen molar-refractivity contribution in [3.8, 4) is 0 Å².